The number of rotatable bonds is 7. The van der Waals surface area contributed by atoms with Crippen molar-refractivity contribution in [3.05, 3.63) is 87.9 Å². The molecule has 2 heterocycles. The Morgan fingerprint density at radius 3 is 2.51 bits per heavy atom. The maximum Gasteiger partial charge on any atom is 0.142 e. The van der Waals surface area contributed by atoms with E-state index in [4.69, 9.17) is 37.9 Å². The van der Waals surface area contributed by atoms with Crippen LogP contribution in [0.3, 0.4) is 0 Å². The lowest BCUT2D eigenvalue weighted by molar-refractivity contribution is 0.258. The van der Waals surface area contributed by atoms with Gasteiger partial charge in [-0.2, -0.15) is 0 Å². The molecule has 0 aromatic heterocycles. The molecule has 2 aliphatic rings. The smallest absolute Gasteiger partial charge is 0.142 e. The first-order valence-electron chi connectivity index (χ1n) is 12.5. The number of fused-ring (bicyclic) bond motifs is 1. The van der Waals surface area contributed by atoms with E-state index in [0.717, 1.165) is 78.2 Å². The summed E-state index contributed by atoms with van der Waals surface area (Å²) in [5.41, 5.74) is 4.74. The van der Waals surface area contributed by atoms with Gasteiger partial charge in [-0.3, -0.25) is 9.89 Å². The van der Waals surface area contributed by atoms with E-state index in [1.807, 2.05) is 54.6 Å². The van der Waals surface area contributed by atoms with Crippen molar-refractivity contribution in [1.82, 2.24) is 4.90 Å². The van der Waals surface area contributed by atoms with Gasteiger partial charge < -0.3 is 9.64 Å². The molecule has 5 nitrogen and oxygen atoms in total. The van der Waals surface area contributed by atoms with Gasteiger partial charge in [0.1, 0.15) is 5.75 Å². The first-order valence-corrected chi connectivity index (χ1v) is 14.3. The predicted molar refractivity (Wildman–Crippen MR) is 159 cm³/mol. The average Bonchev–Trinajstić information content (AvgIpc) is 3.11. The Kier molecular flexibility index (Phi) is 8.72. The molecule has 0 saturated carbocycles. The second kappa shape index (κ2) is 12.4. The van der Waals surface area contributed by atoms with Crippen molar-refractivity contribution in [2.75, 3.05) is 57.0 Å². The second-order valence-corrected chi connectivity index (χ2v) is 11.0. The van der Waals surface area contributed by atoms with Gasteiger partial charge >= 0.3 is 0 Å². The van der Waals surface area contributed by atoms with Gasteiger partial charge in [0.15, 0.2) is 0 Å². The minimum atomic E-state index is 0.537. The third-order valence-corrected chi connectivity index (χ3v) is 8.26. The molecular formula is C29H30Cl2N4OS. The van der Waals surface area contributed by atoms with Crippen molar-refractivity contribution < 1.29 is 4.74 Å². The summed E-state index contributed by atoms with van der Waals surface area (Å²) in [6, 6.07) is 21.8. The number of para-hydroxylation sites is 2. The van der Waals surface area contributed by atoms with Crippen LogP contribution in [0, 0.1) is 0 Å². The number of hydrogen-bond donors (Lipinski definition) is 0. The van der Waals surface area contributed by atoms with E-state index >= 15 is 0 Å². The number of aliphatic imine (C=N–C) groups is 2. The molecule has 0 spiro atoms. The van der Waals surface area contributed by atoms with E-state index < -0.39 is 0 Å². The largest absolute Gasteiger partial charge is 0.495 e. The minimum Gasteiger partial charge on any atom is -0.495 e. The summed E-state index contributed by atoms with van der Waals surface area (Å²) >= 11 is 14.7. The number of thioether (sulfide) groups is 1. The minimum absolute atomic E-state index is 0.537. The monoisotopic (exact) mass is 552 g/mol. The number of methoxy groups -OCH3 is 1. The summed E-state index contributed by atoms with van der Waals surface area (Å²) < 4.78 is 5.55. The van der Waals surface area contributed by atoms with Crippen LogP contribution in [-0.4, -0.2) is 67.8 Å². The molecule has 0 radical (unpaired) electrons. The van der Waals surface area contributed by atoms with E-state index in [2.05, 4.69) is 21.9 Å². The van der Waals surface area contributed by atoms with Crippen molar-refractivity contribution in [2.24, 2.45) is 9.98 Å². The third kappa shape index (κ3) is 6.32. The van der Waals surface area contributed by atoms with Crippen molar-refractivity contribution >= 4 is 57.1 Å². The molecule has 37 heavy (non-hydrogen) atoms. The number of hydrogen-bond acceptors (Lipinski definition) is 6. The number of benzene rings is 3. The molecular weight excluding hydrogens is 523 g/mol. The van der Waals surface area contributed by atoms with Crippen LogP contribution in [0.2, 0.25) is 10.0 Å². The van der Waals surface area contributed by atoms with Crippen molar-refractivity contribution in [3.63, 3.8) is 0 Å². The first-order chi connectivity index (χ1) is 18.1. The molecule has 0 amide bonds. The fourth-order valence-corrected chi connectivity index (χ4v) is 5.97. The van der Waals surface area contributed by atoms with Crippen molar-refractivity contribution in [2.45, 2.75) is 6.42 Å². The summed E-state index contributed by atoms with van der Waals surface area (Å²) in [6.07, 6.45) is 1.10. The van der Waals surface area contributed by atoms with Crippen molar-refractivity contribution in [1.29, 1.82) is 0 Å². The number of halogens is 2. The van der Waals surface area contributed by atoms with Crippen LogP contribution in [-0.2, 0) is 0 Å². The maximum atomic E-state index is 6.52. The van der Waals surface area contributed by atoms with Crippen LogP contribution in [0.25, 0.3) is 0 Å². The summed E-state index contributed by atoms with van der Waals surface area (Å²) in [7, 11) is 1.74. The van der Waals surface area contributed by atoms with Crippen LogP contribution in [0.4, 0.5) is 11.4 Å². The molecule has 1 fully saturated rings. The molecule has 192 valence electrons. The van der Waals surface area contributed by atoms with Gasteiger partial charge in [-0.25, -0.2) is 4.99 Å². The summed E-state index contributed by atoms with van der Waals surface area (Å²) in [4.78, 5) is 14.9. The van der Waals surface area contributed by atoms with Gasteiger partial charge in [-0.05, 0) is 49.4 Å². The molecule has 0 aliphatic carbocycles. The molecule has 0 N–H and O–H groups in total. The van der Waals surface area contributed by atoms with Gasteiger partial charge in [-0.1, -0.05) is 53.5 Å². The Balaban J connectivity index is 1.17. The zero-order valence-corrected chi connectivity index (χ0v) is 23.2. The predicted octanol–water partition coefficient (Wildman–Crippen LogP) is 6.83. The van der Waals surface area contributed by atoms with Crippen molar-refractivity contribution in [3.8, 4) is 5.75 Å². The fraction of sp³-hybridized carbons (Fsp3) is 0.310. The molecule has 0 bridgehead atoms. The number of ether oxygens (including phenoxy) is 1. The standard InChI is InChI=1S/C29H30Cl2N4OS/c1-36-27-10-5-4-9-26(27)35-16-14-34(15-17-35)13-6-18-37-28-20-32-29(22-7-2-3-8-24(22)31)23-19-21(30)11-12-25(23)33-28/h2-5,7-12,19H,6,13-18,20H2,1H3. The number of nitrogens with zero attached hydrogens (tertiary/aromatic N) is 4. The molecule has 0 unspecified atom stereocenters. The van der Waals surface area contributed by atoms with Gasteiger partial charge in [0.2, 0.25) is 0 Å². The van der Waals surface area contributed by atoms with Crippen LogP contribution in [0.15, 0.2) is 76.7 Å². The van der Waals surface area contributed by atoms with Gasteiger partial charge in [-0.15, -0.1) is 11.8 Å². The maximum absolute atomic E-state index is 6.52. The van der Waals surface area contributed by atoms with Crippen LogP contribution < -0.4 is 9.64 Å². The zero-order valence-electron chi connectivity index (χ0n) is 20.9. The van der Waals surface area contributed by atoms with Crippen LogP contribution in [0.1, 0.15) is 17.5 Å². The lowest BCUT2D eigenvalue weighted by Gasteiger charge is -2.36. The highest BCUT2D eigenvalue weighted by atomic mass is 35.5. The quantitative estimate of drug-likeness (QED) is 0.301. The topological polar surface area (TPSA) is 40.4 Å². The third-order valence-electron chi connectivity index (χ3n) is 6.65. The van der Waals surface area contributed by atoms with E-state index in [9.17, 15) is 0 Å². The molecule has 3 aromatic rings. The van der Waals surface area contributed by atoms with Gasteiger partial charge in [0.25, 0.3) is 0 Å². The Bertz CT molecular complexity index is 1300. The first kappa shape index (κ1) is 26.1. The fourth-order valence-electron chi connectivity index (χ4n) is 4.74. The Morgan fingerprint density at radius 1 is 0.919 bits per heavy atom. The normalized spacial score (nSPS) is 16.0. The molecule has 8 heteroatoms. The molecule has 5 rings (SSSR count). The van der Waals surface area contributed by atoms with E-state index in [0.29, 0.717) is 16.6 Å². The molecule has 2 aliphatic heterocycles. The summed E-state index contributed by atoms with van der Waals surface area (Å²) in [5, 5.41) is 2.36. The molecule has 0 atom stereocenters. The summed E-state index contributed by atoms with van der Waals surface area (Å²) in [5.74, 6) is 1.95. The average molecular weight is 554 g/mol. The molecule has 1 saturated heterocycles. The van der Waals surface area contributed by atoms with E-state index in [-0.39, 0.29) is 0 Å². The van der Waals surface area contributed by atoms with Gasteiger partial charge in [0.05, 0.1) is 35.8 Å². The second-order valence-electron chi connectivity index (χ2n) is 9.01. The molecule has 3 aromatic carbocycles. The van der Waals surface area contributed by atoms with Crippen LogP contribution >= 0.6 is 35.0 Å². The Labute approximate surface area is 233 Å². The van der Waals surface area contributed by atoms with Gasteiger partial charge in [0, 0.05) is 53.1 Å². The Morgan fingerprint density at radius 2 is 1.70 bits per heavy atom. The highest BCUT2D eigenvalue weighted by Gasteiger charge is 2.21. The highest BCUT2D eigenvalue weighted by Crippen LogP contribution is 2.32. The lowest BCUT2D eigenvalue weighted by Crippen LogP contribution is -2.46. The SMILES string of the molecule is COc1ccccc1N1CCN(CCCSC2=Nc3ccc(Cl)cc3C(c3ccccc3Cl)=NC2)CC1. The Hall–Kier alpha value is -2.51. The lowest BCUT2D eigenvalue weighted by atomic mass is 10.0. The van der Waals surface area contributed by atoms with E-state index in [1.165, 1.54) is 5.69 Å². The highest BCUT2D eigenvalue weighted by molar-refractivity contribution is 8.14. The van der Waals surface area contributed by atoms with E-state index in [1.54, 1.807) is 18.9 Å². The number of anilines is 1. The summed E-state index contributed by atoms with van der Waals surface area (Å²) in [6.45, 7) is 5.76. The zero-order chi connectivity index (χ0) is 25.6. The number of piperazine rings is 1. The van der Waals surface area contributed by atoms with Crippen LogP contribution in [0.5, 0.6) is 5.75 Å².